The average Bonchev–Trinajstić information content (AvgIpc) is 2.75. The summed E-state index contributed by atoms with van der Waals surface area (Å²) in [5, 5.41) is 5.98. The van der Waals surface area contributed by atoms with E-state index in [9.17, 15) is 9.18 Å². The molecular formula is C22H22FN3O3. The van der Waals surface area contributed by atoms with Gasteiger partial charge < -0.3 is 20.1 Å². The quantitative estimate of drug-likeness (QED) is 0.604. The minimum Gasteiger partial charge on any atom is -0.493 e. The van der Waals surface area contributed by atoms with Crippen LogP contribution in [0, 0.1) is 5.82 Å². The van der Waals surface area contributed by atoms with Crippen LogP contribution >= 0.6 is 0 Å². The maximum absolute atomic E-state index is 13.6. The molecule has 2 aromatic carbocycles. The smallest absolute Gasteiger partial charge is 0.269 e. The van der Waals surface area contributed by atoms with Crippen LogP contribution in [0.4, 0.5) is 15.8 Å². The number of amides is 1. The first-order valence-electron chi connectivity index (χ1n) is 9.07. The van der Waals surface area contributed by atoms with Gasteiger partial charge in [0.05, 0.1) is 14.2 Å². The van der Waals surface area contributed by atoms with Gasteiger partial charge in [0.15, 0.2) is 11.5 Å². The lowest BCUT2D eigenvalue weighted by Crippen LogP contribution is -2.26. The van der Waals surface area contributed by atoms with E-state index in [-0.39, 0.29) is 17.4 Å². The normalized spacial score (nSPS) is 10.3. The number of methoxy groups -OCH3 is 2. The second kappa shape index (κ2) is 9.54. The minimum atomic E-state index is -0.322. The number of halogens is 1. The lowest BCUT2D eigenvalue weighted by Gasteiger charge is -2.12. The summed E-state index contributed by atoms with van der Waals surface area (Å²) in [6.07, 6.45) is 1.96. The van der Waals surface area contributed by atoms with E-state index in [4.69, 9.17) is 9.47 Å². The zero-order valence-corrected chi connectivity index (χ0v) is 16.2. The second-order valence-electron chi connectivity index (χ2n) is 6.22. The van der Waals surface area contributed by atoms with Crippen molar-refractivity contribution in [2.45, 2.75) is 6.42 Å². The lowest BCUT2D eigenvalue weighted by atomic mass is 10.1. The van der Waals surface area contributed by atoms with E-state index in [1.807, 2.05) is 6.07 Å². The van der Waals surface area contributed by atoms with Crippen LogP contribution in [-0.4, -0.2) is 31.7 Å². The summed E-state index contributed by atoms with van der Waals surface area (Å²) in [5.41, 5.74) is 2.31. The molecule has 2 N–H and O–H groups in total. The Balaban J connectivity index is 1.63. The number of pyridine rings is 1. The molecule has 1 heterocycles. The molecule has 150 valence electrons. The Morgan fingerprint density at radius 3 is 2.52 bits per heavy atom. The summed E-state index contributed by atoms with van der Waals surface area (Å²) in [6, 6.07) is 15.3. The molecule has 1 amide bonds. The van der Waals surface area contributed by atoms with Crippen LogP contribution in [0.1, 0.15) is 16.1 Å². The van der Waals surface area contributed by atoms with Gasteiger partial charge >= 0.3 is 0 Å². The van der Waals surface area contributed by atoms with Crippen molar-refractivity contribution in [1.29, 1.82) is 0 Å². The molecule has 0 unspecified atom stereocenters. The summed E-state index contributed by atoms with van der Waals surface area (Å²) < 4.78 is 24.2. The Morgan fingerprint density at radius 1 is 1.00 bits per heavy atom. The third-order valence-electron chi connectivity index (χ3n) is 4.30. The zero-order chi connectivity index (χ0) is 20.6. The summed E-state index contributed by atoms with van der Waals surface area (Å²) >= 11 is 0. The van der Waals surface area contributed by atoms with E-state index >= 15 is 0 Å². The van der Waals surface area contributed by atoms with Gasteiger partial charge in [-0.2, -0.15) is 0 Å². The number of nitrogens with one attached hydrogen (secondary N) is 2. The number of nitrogens with zero attached hydrogens (tertiary/aromatic N) is 1. The first-order valence-corrected chi connectivity index (χ1v) is 9.07. The van der Waals surface area contributed by atoms with Crippen molar-refractivity contribution in [1.82, 2.24) is 10.3 Å². The molecule has 0 aliphatic rings. The summed E-state index contributed by atoms with van der Waals surface area (Å²) in [5.74, 6) is 0.624. The molecule has 6 nitrogen and oxygen atoms in total. The van der Waals surface area contributed by atoms with Crippen LogP contribution in [0.5, 0.6) is 11.5 Å². The SMILES string of the molecule is COc1ccc(Nc2ccnc(C(=O)NCCc3ccccc3F)c2)cc1OC. The molecule has 0 radical (unpaired) electrons. The fourth-order valence-electron chi connectivity index (χ4n) is 2.82. The van der Waals surface area contributed by atoms with Crippen LogP contribution in [0.15, 0.2) is 60.8 Å². The number of benzene rings is 2. The molecule has 0 aliphatic heterocycles. The molecule has 0 saturated carbocycles. The summed E-state index contributed by atoms with van der Waals surface area (Å²) in [7, 11) is 3.14. The van der Waals surface area contributed by atoms with Gasteiger partial charge in [0, 0.05) is 30.2 Å². The van der Waals surface area contributed by atoms with Crippen LogP contribution < -0.4 is 20.1 Å². The van der Waals surface area contributed by atoms with E-state index < -0.39 is 0 Å². The Labute approximate surface area is 168 Å². The molecule has 0 bridgehead atoms. The molecule has 0 fully saturated rings. The maximum Gasteiger partial charge on any atom is 0.269 e. The van der Waals surface area contributed by atoms with Gasteiger partial charge in [-0.3, -0.25) is 9.78 Å². The number of rotatable bonds is 8. The standard InChI is InChI=1S/C22H22FN3O3/c1-28-20-8-7-16(14-21(20)29-2)26-17-10-12-24-19(13-17)22(27)25-11-9-15-5-3-4-6-18(15)23/h3-8,10,12-14H,9,11H2,1-2H3,(H,24,26)(H,25,27). The zero-order valence-electron chi connectivity index (χ0n) is 16.2. The van der Waals surface area contributed by atoms with Gasteiger partial charge in [0.25, 0.3) is 5.91 Å². The number of aromatic nitrogens is 1. The van der Waals surface area contributed by atoms with Crippen molar-refractivity contribution in [3.05, 3.63) is 77.9 Å². The van der Waals surface area contributed by atoms with E-state index in [1.54, 1.807) is 62.9 Å². The molecular weight excluding hydrogens is 373 g/mol. The van der Waals surface area contributed by atoms with Crippen molar-refractivity contribution in [2.24, 2.45) is 0 Å². The molecule has 3 rings (SSSR count). The molecule has 0 saturated heterocycles. The van der Waals surface area contributed by atoms with E-state index in [1.165, 1.54) is 6.07 Å². The van der Waals surface area contributed by atoms with Crippen LogP contribution in [0.2, 0.25) is 0 Å². The molecule has 0 aliphatic carbocycles. The number of carbonyl (C=O) groups excluding carboxylic acids is 1. The number of anilines is 2. The van der Waals surface area contributed by atoms with Crippen molar-refractivity contribution >= 4 is 17.3 Å². The van der Waals surface area contributed by atoms with Crippen molar-refractivity contribution < 1.29 is 18.7 Å². The van der Waals surface area contributed by atoms with Gasteiger partial charge in [0.1, 0.15) is 11.5 Å². The fourth-order valence-corrected chi connectivity index (χ4v) is 2.82. The predicted molar refractivity (Wildman–Crippen MR) is 110 cm³/mol. The Hall–Kier alpha value is -3.61. The number of hydrogen-bond acceptors (Lipinski definition) is 5. The van der Waals surface area contributed by atoms with Gasteiger partial charge in [-0.15, -0.1) is 0 Å². The van der Waals surface area contributed by atoms with Crippen LogP contribution in [-0.2, 0) is 6.42 Å². The molecule has 7 heteroatoms. The Morgan fingerprint density at radius 2 is 1.76 bits per heavy atom. The molecule has 29 heavy (non-hydrogen) atoms. The minimum absolute atomic E-state index is 0.268. The monoisotopic (exact) mass is 395 g/mol. The second-order valence-corrected chi connectivity index (χ2v) is 6.22. The summed E-state index contributed by atoms with van der Waals surface area (Å²) in [6.45, 7) is 0.314. The highest BCUT2D eigenvalue weighted by molar-refractivity contribution is 5.93. The first-order chi connectivity index (χ1) is 14.1. The Kier molecular flexibility index (Phi) is 6.63. The van der Waals surface area contributed by atoms with E-state index in [0.717, 1.165) is 5.69 Å². The first kappa shape index (κ1) is 20.1. The average molecular weight is 395 g/mol. The van der Waals surface area contributed by atoms with Crippen LogP contribution in [0.25, 0.3) is 0 Å². The highest BCUT2D eigenvalue weighted by Gasteiger charge is 2.10. The number of ether oxygens (including phenoxy) is 2. The number of carbonyl (C=O) groups is 1. The highest BCUT2D eigenvalue weighted by atomic mass is 19.1. The topological polar surface area (TPSA) is 72.5 Å². The summed E-state index contributed by atoms with van der Waals surface area (Å²) in [4.78, 5) is 16.5. The van der Waals surface area contributed by atoms with Gasteiger partial charge in [-0.1, -0.05) is 18.2 Å². The van der Waals surface area contributed by atoms with E-state index in [0.29, 0.717) is 35.7 Å². The van der Waals surface area contributed by atoms with Crippen LogP contribution in [0.3, 0.4) is 0 Å². The molecule has 0 spiro atoms. The van der Waals surface area contributed by atoms with Gasteiger partial charge in [-0.05, 0) is 42.3 Å². The molecule has 3 aromatic rings. The Bertz CT molecular complexity index is 995. The highest BCUT2D eigenvalue weighted by Crippen LogP contribution is 2.31. The van der Waals surface area contributed by atoms with Crippen molar-refractivity contribution in [3.63, 3.8) is 0 Å². The molecule has 1 aromatic heterocycles. The third kappa shape index (κ3) is 5.22. The largest absolute Gasteiger partial charge is 0.493 e. The molecule has 0 atom stereocenters. The van der Waals surface area contributed by atoms with E-state index in [2.05, 4.69) is 15.6 Å². The van der Waals surface area contributed by atoms with Crippen molar-refractivity contribution in [2.75, 3.05) is 26.1 Å². The third-order valence-corrected chi connectivity index (χ3v) is 4.30. The fraction of sp³-hybridized carbons (Fsp3) is 0.182. The van der Waals surface area contributed by atoms with Crippen molar-refractivity contribution in [3.8, 4) is 11.5 Å². The van der Waals surface area contributed by atoms with Gasteiger partial charge in [-0.25, -0.2) is 4.39 Å². The predicted octanol–water partition coefficient (Wildman–Crippen LogP) is 3.95. The van der Waals surface area contributed by atoms with Gasteiger partial charge in [0.2, 0.25) is 0 Å². The number of hydrogen-bond donors (Lipinski definition) is 2. The maximum atomic E-state index is 13.6. The lowest BCUT2D eigenvalue weighted by molar-refractivity contribution is 0.0949.